The Kier molecular flexibility index (Phi) is 9.47. The number of aromatic hydroxyl groups is 1. The number of rotatable bonds is 12. The number of benzene rings is 1. The third-order valence-electron chi connectivity index (χ3n) is 5.88. The molecule has 9 nitrogen and oxygen atoms in total. The Labute approximate surface area is 200 Å². The van der Waals surface area contributed by atoms with Gasteiger partial charge >= 0.3 is 13.7 Å². The Bertz CT molecular complexity index is 996. The second kappa shape index (κ2) is 12.3. The highest BCUT2D eigenvalue weighted by atomic mass is 31.2. The standard InChI is InChI=1S/C24H33N2O7P/c1-17(24(29)31-15-19-8-6-7-9-19)12-26-34(30,33-21-10-4-3-5-11-21)32-16-20-13-25-18(2)23(28)22(20)14-27/h3-5,10-11,13,17,19,27-28H,6-9,12,14-16H2,1-2H3,(H,26,30)/t17-,34?/m1/s1. The fourth-order valence-corrected chi connectivity index (χ4v) is 5.13. The second-order valence-electron chi connectivity index (χ2n) is 8.57. The molecule has 1 unspecified atom stereocenters. The molecule has 1 fully saturated rings. The highest BCUT2D eigenvalue weighted by molar-refractivity contribution is 7.52. The van der Waals surface area contributed by atoms with Crippen molar-refractivity contribution >= 4 is 13.7 Å². The molecule has 1 aliphatic rings. The van der Waals surface area contributed by atoms with Gasteiger partial charge in [0.15, 0.2) is 0 Å². The molecule has 1 aliphatic carbocycles. The number of carbonyl (C=O) groups is 1. The van der Waals surface area contributed by atoms with E-state index in [0.717, 1.165) is 12.8 Å². The summed E-state index contributed by atoms with van der Waals surface area (Å²) in [6, 6.07) is 8.52. The van der Waals surface area contributed by atoms with Crippen LogP contribution in [0.3, 0.4) is 0 Å². The molecule has 2 aromatic rings. The van der Waals surface area contributed by atoms with Gasteiger partial charge in [0.1, 0.15) is 11.5 Å². The summed E-state index contributed by atoms with van der Waals surface area (Å²) in [6.07, 6.45) is 5.93. The number of esters is 1. The van der Waals surface area contributed by atoms with E-state index in [1.807, 2.05) is 0 Å². The molecule has 1 aromatic carbocycles. The van der Waals surface area contributed by atoms with Crippen LogP contribution in [0.1, 0.15) is 49.4 Å². The van der Waals surface area contributed by atoms with Gasteiger partial charge < -0.3 is 19.5 Å². The molecule has 0 saturated heterocycles. The number of nitrogens with one attached hydrogen (secondary N) is 1. The van der Waals surface area contributed by atoms with Gasteiger partial charge in [0, 0.05) is 23.9 Å². The van der Waals surface area contributed by atoms with Crippen LogP contribution in [0.2, 0.25) is 0 Å². The van der Waals surface area contributed by atoms with Crippen molar-refractivity contribution in [2.45, 2.75) is 52.7 Å². The van der Waals surface area contributed by atoms with Gasteiger partial charge in [-0.3, -0.25) is 14.3 Å². The Hall–Kier alpha value is -2.45. The highest BCUT2D eigenvalue weighted by Gasteiger charge is 2.30. The minimum Gasteiger partial charge on any atom is -0.506 e. The van der Waals surface area contributed by atoms with Crippen LogP contribution in [0.25, 0.3) is 0 Å². The van der Waals surface area contributed by atoms with Crippen molar-refractivity contribution < 1.29 is 33.4 Å². The smallest absolute Gasteiger partial charge is 0.459 e. The Morgan fingerprint density at radius 2 is 1.97 bits per heavy atom. The number of aliphatic hydroxyl groups excluding tert-OH is 1. The molecule has 10 heteroatoms. The molecule has 3 rings (SSSR count). The number of hydrogen-bond donors (Lipinski definition) is 3. The van der Waals surface area contributed by atoms with Crippen LogP contribution in [0.4, 0.5) is 0 Å². The molecule has 1 saturated carbocycles. The fraction of sp³-hybridized carbons (Fsp3) is 0.500. The van der Waals surface area contributed by atoms with Gasteiger partial charge in [-0.25, -0.2) is 9.65 Å². The third-order valence-corrected chi connectivity index (χ3v) is 7.37. The molecule has 3 N–H and O–H groups in total. The van der Waals surface area contributed by atoms with E-state index in [1.54, 1.807) is 44.2 Å². The molecule has 1 aromatic heterocycles. The maximum Gasteiger partial charge on any atom is 0.459 e. The summed E-state index contributed by atoms with van der Waals surface area (Å²) in [4.78, 5) is 16.5. The summed E-state index contributed by atoms with van der Waals surface area (Å²) in [7, 11) is -3.95. The molecule has 1 heterocycles. The first-order chi connectivity index (χ1) is 16.3. The molecule has 0 aliphatic heterocycles. The average molecular weight is 493 g/mol. The highest BCUT2D eigenvalue weighted by Crippen LogP contribution is 2.45. The van der Waals surface area contributed by atoms with Crippen LogP contribution >= 0.6 is 7.75 Å². The predicted molar refractivity (Wildman–Crippen MR) is 126 cm³/mol. The maximum atomic E-state index is 13.5. The SMILES string of the molecule is Cc1ncc(COP(=O)(NC[C@@H](C)C(=O)OCC2CCCC2)Oc2ccccc2)c(CO)c1O. The minimum absolute atomic E-state index is 0.0118. The van der Waals surface area contributed by atoms with Crippen LogP contribution < -0.4 is 9.61 Å². The van der Waals surface area contributed by atoms with Gasteiger partial charge in [-0.2, -0.15) is 0 Å². The normalized spacial score (nSPS) is 16.7. The number of nitrogens with zero attached hydrogens (tertiary/aromatic N) is 1. The number of aryl methyl sites for hydroxylation is 1. The quantitative estimate of drug-likeness (QED) is 0.294. The molecular weight excluding hydrogens is 459 g/mol. The molecule has 0 amide bonds. The third kappa shape index (κ3) is 7.27. The van der Waals surface area contributed by atoms with E-state index in [4.69, 9.17) is 13.8 Å². The van der Waals surface area contributed by atoms with Crippen molar-refractivity contribution in [3.63, 3.8) is 0 Å². The number of ether oxygens (including phenoxy) is 1. The molecule has 34 heavy (non-hydrogen) atoms. The summed E-state index contributed by atoms with van der Waals surface area (Å²) < 4.78 is 30.3. The zero-order valence-electron chi connectivity index (χ0n) is 19.6. The van der Waals surface area contributed by atoms with Crippen molar-refractivity contribution in [1.29, 1.82) is 0 Å². The number of carbonyl (C=O) groups excluding carboxylic acids is 1. The van der Waals surface area contributed by atoms with E-state index < -0.39 is 20.3 Å². The van der Waals surface area contributed by atoms with E-state index >= 15 is 0 Å². The Balaban J connectivity index is 1.66. The average Bonchev–Trinajstić information content (AvgIpc) is 3.36. The van der Waals surface area contributed by atoms with Gasteiger partial charge in [0.2, 0.25) is 0 Å². The van der Waals surface area contributed by atoms with Crippen molar-refractivity contribution in [2.75, 3.05) is 13.2 Å². The zero-order valence-corrected chi connectivity index (χ0v) is 20.5. The van der Waals surface area contributed by atoms with Crippen molar-refractivity contribution in [3.05, 3.63) is 53.3 Å². The van der Waals surface area contributed by atoms with E-state index in [-0.39, 0.29) is 30.4 Å². The lowest BCUT2D eigenvalue weighted by Crippen LogP contribution is -2.29. The number of aliphatic hydroxyl groups is 1. The monoisotopic (exact) mass is 492 g/mol. The first-order valence-corrected chi connectivity index (χ1v) is 13.0. The van der Waals surface area contributed by atoms with E-state index in [2.05, 4.69) is 10.1 Å². The first kappa shape index (κ1) is 26.2. The van der Waals surface area contributed by atoms with Crippen LogP contribution in [0.5, 0.6) is 11.5 Å². The summed E-state index contributed by atoms with van der Waals surface area (Å²) in [6.45, 7) is 3.03. The lowest BCUT2D eigenvalue weighted by molar-refractivity contribution is -0.149. The minimum atomic E-state index is -3.95. The molecule has 0 bridgehead atoms. The van der Waals surface area contributed by atoms with Crippen LogP contribution in [-0.2, 0) is 31.8 Å². The summed E-state index contributed by atoms with van der Waals surface area (Å²) in [5.41, 5.74) is 0.968. The number of pyridine rings is 1. The summed E-state index contributed by atoms with van der Waals surface area (Å²) in [5, 5.41) is 22.6. The predicted octanol–water partition coefficient (Wildman–Crippen LogP) is 4.25. The fourth-order valence-electron chi connectivity index (χ4n) is 3.72. The summed E-state index contributed by atoms with van der Waals surface area (Å²) >= 11 is 0. The van der Waals surface area contributed by atoms with E-state index in [0.29, 0.717) is 29.5 Å². The zero-order chi connectivity index (χ0) is 24.6. The van der Waals surface area contributed by atoms with Crippen molar-refractivity contribution in [1.82, 2.24) is 10.1 Å². The first-order valence-electron chi connectivity index (χ1n) is 11.5. The second-order valence-corrected chi connectivity index (χ2v) is 10.3. The van der Waals surface area contributed by atoms with Crippen molar-refractivity contribution in [2.24, 2.45) is 11.8 Å². The lowest BCUT2D eigenvalue weighted by atomic mass is 10.1. The molecular formula is C24H33N2O7P. The van der Waals surface area contributed by atoms with Gasteiger partial charge in [-0.05, 0) is 37.8 Å². The van der Waals surface area contributed by atoms with Gasteiger partial charge in [-0.1, -0.05) is 38.0 Å². The molecule has 2 atom stereocenters. The lowest BCUT2D eigenvalue weighted by Gasteiger charge is -2.22. The van der Waals surface area contributed by atoms with Gasteiger partial charge in [0.05, 0.1) is 31.4 Å². The van der Waals surface area contributed by atoms with Gasteiger partial charge in [0.25, 0.3) is 0 Å². The van der Waals surface area contributed by atoms with E-state index in [9.17, 15) is 19.6 Å². The number of hydrogen-bond acceptors (Lipinski definition) is 8. The Morgan fingerprint density at radius 1 is 1.26 bits per heavy atom. The maximum absolute atomic E-state index is 13.5. The van der Waals surface area contributed by atoms with Crippen LogP contribution in [0.15, 0.2) is 36.5 Å². The van der Waals surface area contributed by atoms with Gasteiger partial charge in [-0.15, -0.1) is 0 Å². The number of para-hydroxylation sites is 1. The Morgan fingerprint density at radius 3 is 2.65 bits per heavy atom. The molecule has 0 radical (unpaired) electrons. The van der Waals surface area contributed by atoms with Crippen LogP contribution in [0, 0.1) is 18.8 Å². The van der Waals surface area contributed by atoms with E-state index in [1.165, 1.54) is 19.0 Å². The van der Waals surface area contributed by atoms with Crippen LogP contribution in [-0.4, -0.2) is 34.3 Å². The largest absolute Gasteiger partial charge is 0.506 e. The van der Waals surface area contributed by atoms with Crippen molar-refractivity contribution in [3.8, 4) is 11.5 Å². The number of aromatic nitrogens is 1. The molecule has 186 valence electrons. The molecule has 0 spiro atoms. The summed E-state index contributed by atoms with van der Waals surface area (Å²) in [5.74, 6) is -0.354. The topological polar surface area (TPSA) is 127 Å².